The van der Waals surface area contributed by atoms with Crippen molar-refractivity contribution >= 4 is 65.8 Å². The Kier molecular flexibility index (Phi) is 5.89. The summed E-state index contributed by atoms with van der Waals surface area (Å²) < 4.78 is 11.5. The lowest BCUT2D eigenvalue weighted by Gasteiger charge is -2.08. The van der Waals surface area contributed by atoms with Gasteiger partial charge in [0.2, 0.25) is 0 Å². The minimum Gasteiger partial charge on any atom is -0.455 e. The van der Waals surface area contributed by atoms with Gasteiger partial charge in [0, 0.05) is 44.0 Å². The van der Waals surface area contributed by atoms with Gasteiger partial charge in [-0.3, -0.25) is 0 Å². The predicted molar refractivity (Wildman–Crippen MR) is 209 cm³/mol. The smallest absolute Gasteiger partial charge is 0.144 e. The summed E-state index contributed by atoms with van der Waals surface area (Å²) in [6.07, 6.45) is 0. The number of hydrogen-bond donors (Lipinski definition) is 0. The van der Waals surface area contributed by atoms with Crippen molar-refractivity contribution in [3.05, 3.63) is 170 Å². The van der Waals surface area contributed by atoms with Gasteiger partial charge in [0.1, 0.15) is 11.2 Å². The van der Waals surface area contributed by atoms with Crippen molar-refractivity contribution < 1.29 is 4.42 Å². The molecule has 0 fully saturated rings. The average molecular weight is 653 g/mol. The van der Waals surface area contributed by atoms with Crippen LogP contribution < -0.4 is 0 Å². The van der Waals surface area contributed by atoms with Crippen LogP contribution in [0, 0.1) is 0 Å². The van der Waals surface area contributed by atoms with Crippen LogP contribution in [0.5, 0.6) is 0 Å². The lowest BCUT2D eigenvalue weighted by atomic mass is 10.0. The van der Waals surface area contributed by atoms with Crippen molar-refractivity contribution in [3.63, 3.8) is 0 Å². The Hall–Kier alpha value is -6.98. The van der Waals surface area contributed by atoms with E-state index in [-0.39, 0.29) is 0 Å². The topological polar surface area (TPSA) is 48.8 Å². The molecule has 11 rings (SSSR count). The highest BCUT2D eigenvalue weighted by atomic mass is 16.3. The van der Waals surface area contributed by atoms with Gasteiger partial charge in [0.25, 0.3) is 0 Å². The summed E-state index contributed by atoms with van der Waals surface area (Å²) in [5, 5.41) is 4.35. The van der Waals surface area contributed by atoms with Gasteiger partial charge in [-0.25, -0.2) is 9.97 Å². The molecular formula is C46H28N4O. The van der Waals surface area contributed by atoms with Crippen molar-refractivity contribution in [1.29, 1.82) is 0 Å². The van der Waals surface area contributed by atoms with E-state index in [2.05, 4.69) is 167 Å². The third-order valence-electron chi connectivity index (χ3n) is 10.1. The van der Waals surface area contributed by atoms with E-state index in [4.69, 9.17) is 14.4 Å². The first kappa shape index (κ1) is 27.9. The van der Waals surface area contributed by atoms with Crippen molar-refractivity contribution in [2.45, 2.75) is 0 Å². The third-order valence-corrected chi connectivity index (χ3v) is 10.1. The molecule has 0 amide bonds. The molecule has 0 atom stereocenters. The van der Waals surface area contributed by atoms with Crippen molar-refractivity contribution in [3.8, 4) is 33.9 Å². The lowest BCUT2D eigenvalue weighted by Crippen LogP contribution is -1.93. The zero-order chi connectivity index (χ0) is 33.5. The molecule has 0 unspecified atom stereocenters. The molecule has 5 heterocycles. The minimum absolute atomic E-state index is 0.820. The lowest BCUT2D eigenvalue weighted by molar-refractivity contribution is 0.670. The normalized spacial score (nSPS) is 11.9. The van der Waals surface area contributed by atoms with Gasteiger partial charge in [-0.1, -0.05) is 97.1 Å². The summed E-state index contributed by atoms with van der Waals surface area (Å²) in [6, 6.07) is 59.2. The second-order valence-corrected chi connectivity index (χ2v) is 13.0. The SMILES string of the molecule is c1ccc(-n2c3ccccc3c3nc(-c4cccc5c4oc4c(-c6ccc7c(n6)c6ccccc6n7-c6ccccc6)cccc45)ccc32)cc1. The molecule has 11 aromatic rings. The Balaban J connectivity index is 1.10. The highest BCUT2D eigenvalue weighted by Crippen LogP contribution is 2.41. The summed E-state index contributed by atoms with van der Waals surface area (Å²) >= 11 is 0. The number of hydrogen-bond acceptors (Lipinski definition) is 3. The summed E-state index contributed by atoms with van der Waals surface area (Å²) in [7, 11) is 0. The molecule has 0 aliphatic rings. The van der Waals surface area contributed by atoms with Crippen LogP contribution in [0.4, 0.5) is 0 Å². The molecular weight excluding hydrogens is 625 g/mol. The Morgan fingerprint density at radius 2 is 0.745 bits per heavy atom. The molecule has 5 nitrogen and oxygen atoms in total. The molecule has 0 saturated heterocycles. The maximum atomic E-state index is 6.88. The standard InChI is InChI=1S/C46H28N4O/c1-3-13-29(14-4-1)49-39-23-9-7-17-35(39)43-41(49)27-25-37(47-43)33-21-11-19-31-32-20-12-22-34(46(32)51-45(31)33)38-26-28-42-44(48-38)36-18-8-10-24-40(36)50(42)30-15-5-2-6-16-30/h1-28H. The molecule has 0 aliphatic carbocycles. The molecule has 0 aliphatic heterocycles. The first-order valence-electron chi connectivity index (χ1n) is 17.2. The maximum absolute atomic E-state index is 6.88. The quantitative estimate of drug-likeness (QED) is 0.190. The summed E-state index contributed by atoms with van der Waals surface area (Å²) in [5.41, 5.74) is 13.9. The van der Waals surface area contributed by atoms with Crippen molar-refractivity contribution in [2.24, 2.45) is 0 Å². The van der Waals surface area contributed by atoms with Crippen LogP contribution >= 0.6 is 0 Å². The number of fused-ring (bicyclic) bond motifs is 9. The van der Waals surface area contributed by atoms with E-state index in [0.717, 1.165) is 99.7 Å². The number of nitrogens with zero attached hydrogens (tertiary/aromatic N) is 4. The van der Waals surface area contributed by atoms with E-state index in [1.54, 1.807) is 0 Å². The second-order valence-electron chi connectivity index (χ2n) is 13.0. The van der Waals surface area contributed by atoms with E-state index in [9.17, 15) is 0 Å². The highest BCUT2D eigenvalue weighted by Gasteiger charge is 2.20. The maximum Gasteiger partial charge on any atom is 0.144 e. The van der Waals surface area contributed by atoms with Crippen LogP contribution in [0.1, 0.15) is 0 Å². The minimum atomic E-state index is 0.820. The first-order chi connectivity index (χ1) is 25.3. The third kappa shape index (κ3) is 4.09. The van der Waals surface area contributed by atoms with Gasteiger partial charge in [0.05, 0.1) is 44.5 Å². The summed E-state index contributed by atoms with van der Waals surface area (Å²) in [5.74, 6) is 0. The van der Waals surface area contributed by atoms with E-state index in [1.807, 2.05) is 12.1 Å². The highest BCUT2D eigenvalue weighted by molar-refractivity contribution is 6.14. The van der Waals surface area contributed by atoms with Gasteiger partial charge in [-0.15, -0.1) is 0 Å². The Morgan fingerprint density at radius 1 is 0.333 bits per heavy atom. The zero-order valence-electron chi connectivity index (χ0n) is 27.4. The predicted octanol–water partition coefficient (Wildman–Crippen LogP) is 11.9. The molecule has 238 valence electrons. The van der Waals surface area contributed by atoms with E-state index < -0.39 is 0 Å². The van der Waals surface area contributed by atoms with Gasteiger partial charge >= 0.3 is 0 Å². The molecule has 5 aromatic heterocycles. The molecule has 51 heavy (non-hydrogen) atoms. The van der Waals surface area contributed by atoms with E-state index in [0.29, 0.717) is 0 Å². The van der Waals surface area contributed by atoms with Gasteiger partial charge in [-0.05, 0) is 72.8 Å². The number of furan rings is 1. The van der Waals surface area contributed by atoms with Gasteiger partial charge < -0.3 is 13.6 Å². The fourth-order valence-electron chi connectivity index (χ4n) is 7.89. The van der Waals surface area contributed by atoms with Crippen LogP contribution in [-0.4, -0.2) is 19.1 Å². The number of aromatic nitrogens is 4. The fraction of sp³-hybridized carbons (Fsp3) is 0. The van der Waals surface area contributed by atoms with E-state index >= 15 is 0 Å². The molecule has 6 aromatic carbocycles. The van der Waals surface area contributed by atoms with Gasteiger partial charge in [-0.2, -0.15) is 0 Å². The number of benzene rings is 6. The average Bonchev–Trinajstić information content (AvgIpc) is 3.86. The fourth-order valence-corrected chi connectivity index (χ4v) is 7.89. The number of para-hydroxylation sites is 6. The molecule has 0 N–H and O–H groups in total. The van der Waals surface area contributed by atoms with Crippen LogP contribution in [0.2, 0.25) is 0 Å². The van der Waals surface area contributed by atoms with E-state index in [1.165, 1.54) is 0 Å². The Morgan fingerprint density at radius 3 is 1.22 bits per heavy atom. The van der Waals surface area contributed by atoms with Crippen molar-refractivity contribution in [2.75, 3.05) is 0 Å². The van der Waals surface area contributed by atoms with Crippen LogP contribution in [0.25, 0.3) is 99.7 Å². The van der Waals surface area contributed by atoms with Gasteiger partial charge in [0.15, 0.2) is 0 Å². The van der Waals surface area contributed by atoms with Crippen LogP contribution in [0.3, 0.4) is 0 Å². The number of rotatable bonds is 4. The summed E-state index contributed by atoms with van der Waals surface area (Å²) in [4.78, 5) is 10.6. The van der Waals surface area contributed by atoms with Crippen molar-refractivity contribution in [1.82, 2.24) is 19.1 Å². The molecule has 0 spiro atoms. The second kappa shape index (κ2) is 10.8. The molecule has 0 radical (unpaired) electrons. The summed E-state index contributed by atoms with van der Waals surface area (Å²) in [6.45, 7) is 0. The number of pyridine rings is 2. The largest absolute Gasteiger partial charge is 0.455 e. The monoisotopic (exact) mass is 652 g/mol. The Bertz CT molecular complexity index is 2920. The molecule has 0 saturated carbocycles. The van der Waals surface area contributed by atoms with Crippen LogP contribution in [0.15, 0.2) is 174 Å². The first-order valence-corrected chi connectivity index (χ1v) is 17.2. The zero-order valence-corrected chi connectivity index (χ0v) is 27.4. The Labute approximate surface area is 292 Å². The van der Waals surface area contributed by atoms with Crippen LogP contribution in [-0.2, 0) is 0 Å². The molecule has 0 bridgehead atoms. The molecule has 5 heteroatoms.